The van der Waals surface area contributed by atoms with Crippen LogP contribution in [0.15, 0.2) is 54.6 Å². The fourth-order valence-corrected chi connectivity index (χ4v) is 2.29. The van der Waals surface area contributed by atoms with Crippen LogP contribution in [0.5, 0.6) is 5.75 Å². The van der Waals surface area contributed by atoms with Crippen molar-refractivity contribution in [3.05, 3.63) is 60.2 Å². The number of benzene rings is 2. The molecule has 5 nitrogen and oxygen atoms in total. The molecule has 1 amide bonds. The zero-order valence-electron chi connectivity index (χ0n) is 11.1. The largest absolute Gasteiger partial charge is 0.478 e. The highest BCUT2D eigenvalue weighted by atomic mass is 16.5. The molecule has 0 fully saturated rings. The second-order valence-corrected chi connectivity index (χ2v) is 4.69. The molecule has 1 atom stereocenters. The first-order chi connectivity index (χ1) is 10.2. The first kappa shape index (κ1) is 13.2. The van der Waals surface area contributed by atoms with Crippen LogP contribution < -0.4 is 9.64 Å². The SMILES string of the molecule is O=C(O)[C@@H]1CN(C(=O)c2ccccc2)c2ccccc2O1. The van der Waals surface area contributed by atoms with Crippen molar-refractivity contribution in [2.75, 3.05) is 11.4 Å². The van der Waals surface area contributed by atoms with Crippen molar-refractivity contribution >= 4 is 17.6 Å². The van der Waals surface area contributed by atoms with E-state index in [-0.39, 0.29) is 12.5 Å². The van der Waals surface area contributed by atoms with Crippen molar-refractivity contribution in [2.45, 2.75) is 6.10 Å². The zero-order valence-corrected chi connectivity index (χ0v) is 11.1. The van der Waals surface area contributed by atoms with Gasteiger partial charge in [-0.05, 0) is 24.3 Å². The second kappa shape index (κ2) is 5.28. The van der Waals surface area contributed by atoms with Crippen molar-refractivity contribution in [3.63, 3.8) is 0 Å². The van der Waals surface area contributed by atoms with Crippen LogP contribution in [0.4, 0.5) is 5.69 Å². The highest BCUT2D eigenvalue weighted by Gasteiger charge is 2.33. The molecule has 0 saturated heterocycles. The van der Waals surface area contributed by atoms with E-state index in [9.17, 15) is 14.7 Å². The van der Waals surface area contributed by atoms with Gasteiger partial charge in [0, 0.05) is 5.56 Å². The Labute approximate surface area is 121 Å². The Bertz CT molecular complexity index is 684. The lowest BCUT2D eigenvalue weighted by molar-refractivity contribution is -0.144. The average molecular weight is 283 g/mol. The Morgan fingerprint density at radius 1 is 1.05 bits per heavy atom. The molecule has 1 heterocycles. The molecule has 0 saturated carbocycles. The van der Waals surface area contributed by atoms with E-state index in [0.29, 0.717) is 17.0 Å². The van der Waals surface area contributed by atoms with Gasteiger partial charge in [0.15, 0.2) is 0 Å². The standard InChI is InChI=1S/C16H13NO4/c18-15(11-6-2-1-3-7-11)17-10-14(16(19)20)21-13-9-5-4-8-12(13)17/h1-9,14H,10H2,(H,19,20)/t14-/m0/s1. The van der Waals surface area contributed by atoms with Gasteiger partial charge >= 0.3 is 5.97 Å². The van der Waals surface area contributed by atoms with E-state index in [1.165, 1.54) is 4.90 Å². The first-order valence-corrected chi connectivity index (χ1v) is 6.52. The van der Waals surface area contributed by atoms with Gasteiger partial charge in [0.2, 0.25) is 6.10 Å². The summed E-state index contributed by atoms with van der Waals surface area (Å²) in [6, 6.07) is 15.7. The number of carboxylic acid groups (broad SMARTS) is 1. The van der Waals surface area contributed by atoms with Gasteiger partial charge in [-0.1, -0.05) is 30.3 Å². The number of hydrogen-bond donors (Lipinski definition) is 1. The van der Waals surface area contributed by atoms with Crippen LogP contribution in [-0.2, 0) is 4.79 Å². The van der Waals surface area contributed by atoms with Gasteiger partial charge in [0.1, 0.15) is 5.75 Å². The van der Waals surface area contributed by atoms with E-state index < -0.39 is 12.1 Å². The lowest BCUT2D eigenvalue weighted by atomic mass is 10.1. The van der Waals surface area contributed by atoms with Gasteiger partial charge in [-0.2, -0.15) is 0 Å². The summed E-state index contributed by atoms with van der Waals surface area (Å²) in [5.41, 5.74) is 1.10. The fourth-order valence-electron chi connectivity index (χ4n) is 2.29. The Morgan fingerprint density at radius 2 is 1.71 bits per heavy atom. The number of hydrogen-bond acceptors (Lipinski definition) is 3. The van der Waals surface area contributed by atoms with Crippen LogP contribution in [0.2, 0.25) is 0 Å². The van der Waals surface area contributed by atoms with Crippen LogP contribution in [0, 0.1) is 0 Å². The van der Waals surface area contributed by atoms with Crippen molar-refractivity contribution in [3.8, 4) is 5.75 Å². The number of carboxylic acids is 1. The number of carbonyl (C=O) groups excluding carboxylic acids is 1. The predicted octanol–water partition coefficient (Wildman–Crippen LogP) is 2.18. The lowest BCUT2D eigenvalue weighted by Gasteiger charge is -2.33. The molecule has 0 aromatic heterocycles. The van der Waals surface area contributed by atoms with Gasteiger partial charge in [-0.25, -0.2) is 4.79 Å². The number of para-hydroxylation sites is 2. The fraction of sp³-hybridized carbons (Fsp3) is 0.125. The van der Waals surface area contributed by atoms with Gasteiger partial charge in [-0.3, -0.25) is 4.79 Å². The summed E-state index contributed by atoms with van der Waals surface area (Å²) in [6.07, 6.45) is -1.06. The first-order valence-electron chi connectivity index (χ1n) is 6.52. The molecule has 0 bridgehead atoms. The Morgan fingerprint density at radius 3 is 2.43 bits per heavy atom. The van der Waals surface area contributed by atoms with E-state index in [0.717, 1.165) is 0 Å². The maximum Gasteiger partial charge on any atom is 0.346 e. The summed E-state index contributed by atoms with van der Waals surface area (Å²) in [4.78, 5) is 25.3. The molecule has 106 valence electrons. The minimum absolute atomic E-state index is 0.0138. The molecule has 1 aliphatic heterocycles. The molecule has 3 rings (SSSR count). The van der Waals surface area contributed by atoms with Crippen LogP contribution in [0.25, 0.3) is 0 Å². The van der Waals surface area contributed by atoms with E-state index in [1.807, 2.05) is 6.07 Å². The normalized spacial score (nSPS) is 16.8. The molecule has 1 aliphatic rings. The van der Waals surface area contributed by atoms with E-state index in [4.69, 9.17) is 4.74 Å². The summed E-state index contributed by atoms with van der Waals surface area (Å²) < 4.78 is 5.42. The highest BCUT2D eigenvalue weighted by Crippen LogP contribution is 2.34. The number of carbonyl (C=O) groups is 2. The van der Waals surface area contributed by atoms with Crippen LogP contribution >= 0.6 is 0 Å². The van der Waals surface area contributed by atoms with E-state index >= 15 is 0 Å². The van der Waals surface area contributed by atoms with Gasteiger partial charge in [0.25, 0.3) is 5.91 Å². The van der Waals surface area contributed by atoms with Gasteiger partial charge in [0.05, 0.1) is 12.2 Å². The number of amides is 1. The summed E-state index contributed by atoms with van der Waals surface area (Å²) in [5, 5.41) is 9.17. The van der Waals surface area contributed by atoms with Crippen molar-refractivity contribution in [1.82, 2.24) is 0 Å². The number of rotatable bonds is 2. The van der Waals surface area contributed by atoms with Gasteiger partial charge in [-0.15, -0.1) is 0 Å². The molecular weight excluding hydrogens is 270 g/mol. The lowest BCUT2D eigenvalue weighted by Crippen LogP contribution is -2.47. The molecule has 21 heavy (non-hydrogen) atoms. The molecule has 0 unspecified atom stereocenters. The minimum atomic E-state index is -1.09. The highest BCUT2D eigenvalue weighted by molar-refractivity contribution is 6.07. The molecule has 0 radical (unpaired) electrons. The quantitative estimate of drug-likeness (QED) is 0.917. The Balaban J connectivity index is 2.00. The van der Waals surface area contributed by atoms with Gasteiger partial charge < -0.3 is 14.7 Å². The predicted molar refractivity (Wildman–Crippen MR) is 76.6 cm³/mol. The third-order valence-corrected chi connectivity index (χ3v) is 3.32. The molecule has 1 N–H and O–H groups in total. The molecule has 0 aliphatic carbocycles. The third kappa shape index (κ3) is 2.45. The van der Waals surface area contributed by atoms with Crippen LogP contribution in [0.3, 0.4) is 0 Å². The maximum atomic E-state index is 12.6. The molecule has 5 heteroatoms. The summed E-state index contributed by atoms with van der Waals surface area (Å²) in [6.45, 7) is -0.0138. The smallest absolute Gasteiger partial charge is 0.346 e. The average Bonchev–Trinajstić information content (AvgIpc) is 2.54. The summed E-state index contributed by atoms with van der Waals surface area (Å²) in [5.74, 6) is -0.923. The van der Waals surface area contributed by atoms with Crippen molar-refractivity contribution in [1.29, 1.82) is 0 Å². The molecule has 2 aromatic rings. The maximum absolute atomic E-state index is 12.6. The van der Waals surface area contributed by atoms with E-state index in [1.54, 1.807) is 48.5 Å². The van der Waals surface area contributed by atoms with Crippen LogP contribution in [-0.4, -0.2) is 29.6 Å². The number of ether oxygens (including phenoxy) is 1. The summed E-state index contributed by atoms with van der Waals surface area (Å²) >= 11 is 0. The topological polar surface area (TPSA) is 66.8 Å². The van der Waals surface area contributed by atoms with Crippen LogP contribution in [0.1, 0.15) is 10.4 Å². The minimum Gasteiger partial charge on any atom is -0.478 e. The monoisotopic (exact) mass is 283 g/mol. The summed E-state index contributed by atoms with van der Waals surface area (Å²) in [7, 11) is 0. The third-order valence-electron chi connectivity index (χ3n) is 3.32. The number of fused-ring (bicyclic) bond motifs is 1. The molecule has 0 spiro atoms. The number of anilines is 1. The Kier molecular flexibility index (Phi) is 3.31. The van der Waals surface area contributed by atoms with E-state index in [2.05, 4.69) is 0 Å². The number of nitrogens with zero attached hydrogens (tertiary/aromatic N) is 1. The molecular formula is C16H13NO4. The Hall–Kier alpha value is -2.82. The van der Waals surface area contributed by atoms with Crippen molar-refractivity contribution in [2.24, 2.45) is 0 Å². The second-order valence-electron chi connectivity index (χ2n) is 4.69. The zero-order chi connectivity index (χ0) is 14.8. The molecule has 2 aromatic carbocycles. The number of aliphatic carboxylic acids is 1. The van der Waals surface area contributed by atoms with Crippen molar-refractivity contribution < 1.29 is 19.4 Å².